The van der Waals surface area contributed by atoms with Crippen LogP contribution in [0.15, 0.2) is 48.5 Å². The Hall–Kier alpha value is -2.70. The Morgan fingerprint density at radius 3 is 1.18 bits per heavy atom. The van der Waals surface area contributed by atoms with Gasteiger partial charge in [0.1, 0.15) is 11.6 Å². The molecule has 2 heterocycles. The first kappa shape index (κ1) is 25.3. The molecule has 0 aliphatic carbocycles. The Kier molecular flexibility index (Phi) is 12.2. The van der Waals surface area contributed by atoms with Crippen molar-refractivity contribution in [3.8, 4) is 0 Å². The standard InChI is InChI=1S/2C9H10N2.C2H6.2CH4O/c2*1-7-10-8-5-3-4-6-9(8)11(7)2;3*1-2/h2*3-6H,1-2H3;1-2H3;2*2H,1H3. The largest absolute Gasteiger partial charge is 0.400 e. The molecule has 6 heteroatoms. The summed E-state index contributed by atoms with van der Waals surface area (Å²) in [6.07, 6.45) is 0. The summed E-state index contributed by atoms with van der Waals surface area (Å²) >= 11 is 0. The van der Waals surface area contributed by atoms with Crippen molar-refractivity contribution in [3.63, 3.8) is 0 Å². The van der Waals surface area contributed by atoms with E-state index in [0.717, 1.165) is 36.9 Å². The van der Waals surface area contributed by atoms with E-state index in [4.69, 9.17) is 10.2 Å². The lowest BCUT2D eigenvalue weighted by Gasteiger charge is -1.93. The first-order valence-corrected chi connectivity index (χ1v) is 9.23. The van der Waals surface area contributed by atoms with E-state index < -0.39 is 0 Å². The van der Waals surface area contributed by atoms with Gasteiger partial charge in [0.15, 0.2) is 0 Å². The topological polar surface area (TPSA) is 76.1 Å². The number of imidazole rings is 2. The number of benzene rings is 2. The maximum Gasteiger partial charge on any atom is 0.106 e. The predicted octanol–water partition coefficient (Wildman–Crippen LogP) is 4.01. The van der Waals surface area contributed by atoms with E-state index in [2.05, 4.69) is 31.2 Å². The van der Waals surface area contributed by atoms with Gasteiger partial charge in [-0.1, -0.05) is 38.1 Å². The molecule has 6 nitrogen and oxygen atoms in total. The van der Waals surface area contributed by atoms with Crippen molar-refractivity contribution in [3.05, 3.63) is 60.2 Å². The Balaban J connectivity index is 0.000000412. The molecule has 2 aromatic carbocycles. The average molecular weight is 387 g/mol. The number of aliphatic hydroxyl groups is 2. The summed E-state index contributed by atoms with van der Waals surface area (Å²) in [5, 5.41) is 14.0. The molecule has 0 saturated heterocycles. The van der Waals surface area contributed by atoms with Gasteiger partial charge < -0.3 is 19.3 Å². The van der Waals surface area contributed by atoms with Crippen molar-refractivity contribution in [2.75, 3.05) is 14.2 Å². The van der Waals surface area contributed by atoms with E-state index in [1.165, 1.54) is 11.0 Å². The van der Waals surface area contributed by atoms with E-state index in [1.54, 1.807) is 0 Å². The van der Waals surface area contributed by atoms with Gasteiger partial charge in [0, 0.05) is 28.3 Å². The van der Waals surface area contributed by atoms with E-state index in [0.29, 0.717) is 0 Å². The van der Waals surface area contributed by atoms with Crippen molar-refractivity contribution in [2.45, 2.75) is 27.7 Å². The fourth-order valence-electron chi connectivity index (χ4n) is 2.53. The Morgan fingerprint density at radius 1 is 0.607 bits per heavy atom. The molecule has 0 fully saturated rings. The van der Waals surface area contributed by atoms with Crippen LogP contribution in [-0.4, -0.2) is 43.5 Å². The second-order valence-corrected chi connectivity index (χ2v) is 5.41. The molecular weight excluding hydrogens is 352 g/mol. The third kappa shape index (κ3) is 6.18. The van der Waals surface area contributed by atoms with Crippen LogP contribution in [-0.2, 0) is 14.1 Å². The number of nitrogens with zero attached hydrogens (tertiary/aromatic N) is 4. The van der Waals surface area contributed by atoms with E-state index in [-0.39, 0.29) is 0 Å². The molecule has 0 atom stereocenters. The van der Waals surface area contributed by atoms with E-state index in [9.17, 15) is 0 Å². The third-order valence-electron chi connectivity index (χ3n) is 4.02. The van der Waals surface area contributed by atoms with Crippen LogP contribution in [0.25, 0.3) is 22.1 Å². The molecule has 0 aliphatic heterocycles. The van der Waals surface area contributed by atoms with Crippen LogP contribution in [0.4, 0.5) is 0 Å². The number of para-hydroxylation sites is 4. The van der Waals surface area contributed by atoms with Gasteiger partial charge in [0.05, 0.1) is 22.1 Å². The molecule has 2 aromatic heterocycles. The van der Waals surface area contributed by atoms with Gasteiger partial charge in [-0.15, -0.1) is 0 Å². The lowest BCUT2D eigenvalue weighted by Crippen LogP contribution is -1.89. The van der Waals surface area contributed by atoms with Gasteiger partial charge in [0.2, 0.25) is 0 Å². The van der Waals surface area contributed by atoms with Crippen LogP contribution in [0.2, 0.25) is 0 Å². The monoisotopic (exact) mass is 386 g/mol. The second kappa shape index (κ2) is 13.5. The Morgan fingerprint density at radius 2 is 0.893 bits per heavy atom. The fraction of sp³-hybridized carbons (Fsp3) is 0.364. The summed E-state index contributed by atoms with van der Waals surface area (Å²) in [6, 6.07) is 16.3. The lowest BCUT2D eigenvalue weighted by atomic mass is 10.3. The molecule has 0 saturated carbocycles. The van der Waals surface area contributed by atoms with Crippen LogP contribution in [0.1, 0.15) is 25.5 Å². The minimum atomic E-state index is 1.00. The zero-order chi connectivity index (χ0) is 21.7. The summed E-state index contributed by atoms with van der Waals surface area (Å²) < 4.78 is 4.19. The van der Waals surface area contributed by atoms with Crippen molar-refractivity contribution in [1.82, 2.24) is 19.1 Å². The molecular formula is C22H34N4O2. The highest BCUT2D eigenvalue weighted by molar-refractivity contribution is 5.76. The Bertz CT molecular complexity index is 864. The second-order valence-electron chi connectivity index (χ2n) is 5.41. The molecule has 2 N–H and O–H groups in total. The summed E-state index contributed by atoms with van der Waals surface area (Å²) in [6.45, 7) is 8.03. The molecule has 0 spiro atoms. The smallest absolute Gasteiger partial charge is 0.106 e. The van der Waals surface area contributed by atoms with Gasteiger partial charge in [-0.05, 0) is 38.1 Å². The highest BCUT2D eigenvalue weighted by atomic mass is 16.2. The predicted molar refractivity (Wildman–Crippen MR) is 119 cm³/mol. The van der Waals surface area contributed by atoms with Crippen LogP contribution >= 0.6 is 0 Å². The number of aromatic nitrogens is 4. The maximum atomic E-state index is 7.00. The first-order valence-electron chi connectivity index (χ1n) is 9.23. The quantitative estimate of drug-likeness (QED) is 0.479. The molecule has 0 amide bonds. The number of fused-ring (bicyclic) bond motifs is 2. The first-order chi connectivity index (χ1) is 13.6. The third-order valence-corrected chi connectivity index (χ3v) is 4.02. The number of aryl methyl sites for hydroxylation is 4. The normalized spacial score (nSPS) is 9.07. The van der Waals surface area contributed by atoms with Crippen molar-refractivity contribution < 1.29 is 10.2 Å². The summed E-state index contributed by atoms with van der Waals surface area (Å²) in [5.74, 6) is 2.12. The zero-order valence-corrected chi connectivity index (χ0v) is 18.3. The molecule has 28 heavy (non-hydrogen) atoms. The van der Waals surface area contributed by atoms with Crippen LogP contribution in [0.3, 0.4) is 0 Å². The van der Waals surface area contributed by atoms with Gasteiger partial charge in [-0.3, -0.25) is 0 Å². The number of hydrogen-bond acceptors (Lipinski definition) is 4. The molecule has 0 unspecified atom stereocenters. The maximum absolute atomic E-state index is 7.00. The van der Waals surface area contributed by atoms with Crippen LogP contribution in [0, 0.1) is 13.8 Å². The van der Waals surface area contributed by atoms with E-state index in [1.807, 2.05) is 78.2 Å². The van der Waals surface area contributed by atoms with Gasteiger partial charge in [-0.2, -0.15) is 0 Å². The fourth-order valence-corrected chi connectivity index (χ4v) is 2.53. The molecule has 4 rings (SSSR count). The van der Waals surface area contributed by atoms with Gasteiger partial charge in [0.25, 0.3) is 0 Å². The Labute approximate surface area is 168 Å². The summed E-state index contributed by atoms with van der Waals surface area (Å²) in [4.78, 5) is 8.75. The molecule has 0 aliphatic rings. The lowest BCUT2D eigenvalue weighted by molar-refractivity contribution is 0.399. The highest BCUT2D eigenvalue weighted by Crippen LogP contribution is 2.13. The number of aliphatic hydroxyl groups excluding tert-OH is 2. The minimum Gasteiger partial charge on any atom is -0.400 e. The minimum absolute atomic E-state index is 1.00. The highest BCUT2D eigenvalue weighted by Gasteiger charge is 2.01. The number of rotatable bonds is 0. The SMILES string of the molecule is CC.CO.CO.Cc1nc2ccccc2n1C.Cc1nc2ccccc2n1C. The molecule has 4 aromatic rings. The summed E-state index contributed by atoms with van der Waals surface area (Å²) in [5.41, 5.74) is 4.55. The zero-order valence-electron chi connectivity index (χ0n) is 18.3. The summed E-state index contributed by atoms with van der Waals surface area (Å²) in [7, 11) is 6.06. The average Bonchev–Trinajstić information content (AvgIpc) is 3.22. The molecule has 0 radical (unpaired) electrons. The van der Waals surface area contributed by atoms with Crippen LogP contribution < -0.4 is 0 Å². The molecule has 154 valence electrons. The van der Waals surface area contributed by atoms with Crippen molar-refractivity contribution >= 4 is 22.1 Å². The van der Waals surface area contributed by atoms with Crippen LogP contribution in [0.5, 0.6) is 0 Å². The van der Waals surface area contributed by atoms with Gasteiger partial charge >= 0.3 is 0 Å². The van der Waals surface area contributed by atoms with Crippen molar-refractivity contribution in [2.24, 2.45) is 14.1 Å². The van der Waals surface area contributed by atoms with Crippen molar-refractivity contribution in [1.29, 1.82) is 0 Å². The van der Waals surface area contributed by atoms with Gasteiger partial charge in [-0.25, -0.2) is 9.97 Å². The number of hydrogen-bond donors (Lipinski definition) is 2. The van der Waals surface area contributed by atoms with E-state index >= 15 is 0 Å². The molecule has 0 bridgehead atoms.